The molecule has 38 heavy (non-hydrogen) atoms. The van der Waals surface area contributed by atoms with Crippen molar-refractivity contribution >= 4 is 0 Å². The molecule has 1 saturated carbocycles. The van der Waals surface area contributed by atoms with Crippen LogP contribution in [0, 0.1) is 5.92 Å². The highest BCUT2D eigenvalue weighted by molar-refractivity contribution is 5.63. The van der Waals surface area contributed by atoms with Gasteiger partial charge in [-0.2, -0.15) is 0 Å². The van der Waals surface area contributed by atoms with E-state index < -0.39 is 27.8 Å². The van der Waals surface area contributed by atoms with Crippen molar-refractivity contribution in [2.75, 3.05) is 20.2 Å². The molecule has 5 aliphatic heterocycles. The maximum Gasteiger partial charge on any atom is 0.166 e. The molecule has 2 bridgehead atoms. The average Bonchev–Trinajstić information content (AvgIpc) is 3.51. The van der Waals surface area contributed by atoms with Crippen molar-refractivity contribution in [3.63, 3.8) is 0 Å². The Balaban J connectivity index is 1.33. The molecule has 8 atom stereocenters. The average molecular weight is 527 g/mol. The second-order valence-electron chi connectivity index (χ2n) is 14.4. The first kappa shape index (κ1) is 24.4. The number of rotatable bonds is 3. The molecule has 8 rings (SSSR count). The first-order valence-electron chi connectivity index (χ1n) is 14.5. The number of hydrogen-bond acceptors (Lipinski definition) is 8. The van der Waals surface area contributed by atoms with E-state index in [1.54, 1.807) is 7.11 Å². The van der Waals surface area contributed by atoms with Gasteiger partial charge in [0.15, 0.2) is 11.5 Å². The molecule has 1 aromatic rings. The highest BCUT2D eigenvalue weighted by Gasteiger charge is 2.83. The molecule has 0 aromatic heterocycles. The summed E-state index contributed by atoms with van der Waals surface area (Å²) in [6, 6.07) is 4.29. The Kier molecular flexibility index (Phi) is 4.54. The molecule has 2 aliphatic carbocycles. The number of nitrogens with zero attached hydrogens (tertiary/aromatic N) is 2. The molecule has 7 aliphatic rings. The Labute approximate surface area is 225 Å². The van der Waals surface area contributed by atoms with Crippen molar-refractivity contribution < 1.29 is 28.8 Å². The van der Waals surface area contributed by atoms with E-state index in [1.807, 2.05) is 6.07 Å². The van der Waals surface area contributed by atoms with E-state index in [-0.39, 0.29) is 30.8 Å². The molecule has 0 radical (unpaired) electrons. The van der Waals surface area contributed by atoms with Crippen molar-refractivity contribution in [3.05, 3.63) is 23.3 Å². The zero-order chi connectivity index (χ0) is 26.6. The van der Waals surface area contributed by atoms with Crippen LogP contribution in [0.1, 0.15) is 71.9 Å². The van der Waals surface area contributed by atoms with Gasteiger partial charge in [-0.05, 0) is 77.5 Å². The SMILES string of the molecule is COc1ccc2c3c1O[C@H]1[C@]4(CC[C@@]5(O)[C@@H](C2)N(CC(C)C)CC[C@]315)O[C@H]1N2[C@H](OC1(C)C)C(C)(C)O[C@@H]24. The Bertz CT molecular complexity index is 1220. The van der Waals surface area contributed by atoms with Gasteiger partial charge < -0.3 is 28.8 Å². The minimum atomic E-state index is -0.920. The molecular weight excluding hydrogens is 484 g/mol. The molecule has 5 heterocycles. The summed E-state index contributed by atoms with van der Waals surface area (Å²) in [4.78, 5) is 4.87. The Morgan fingerprint density at radius 3 is 2.42 bits per heavy atom. The minimum Gasteiger partial charge on any atom is -0.493 e. The monoisotopic (exact) mass is 526 g/mol. The molecular formula is C30H42N2O6. The summed E-state index contributed by atoms with van der Waals surface area (Å²) in [5.41, 5.74) is -0.771. The van der Waals surface area contributed by atoms with Crippen molar-refractivity contribution in [1.29, 1.82) is 0 Å². The topological polar surface area (TPSA) is 72.9 Å². The van der Waals surface area contributed by atoms with E-state index in [9.17, 15) is 5.11 Å². The van der Waals surface area contributed by atoms with E-state index in [1.165, 1.54) is 5.56 Å². The van der Waals surface area contributed by atoms with Crippen LogP contribution in [0.25, 0.3) is 0 Å². The number of aliphatic hydroxyl groups is 1. The van der Waals surface area contributed by atoms with Crippen LogP contribution in [0.4, 0.5) is 0 Å². The third-order valence-electron chi connectivity index (χ3n) is 11.1. The van der Waals surface area contributed by atoms with E-state index >= 15 is 0 Å². The van der Waals surface area contributed by atoms with E-state index in [0.29, 0.717) is 18.8 Å². The lowest BCUT2D eigenvalue weighted by molar-refractivity contribution is -0.267. The number of methoxy groups -OCH3 is 1. The number of fused-ring (bicyclic) bond motifs is 2. The van der Waals surface area contributed by atoms with Crippen LogP contribution >= 0.6 is 0 Å². The van der Waals surface area contributed by atoms with Crippen molar-refractivity contribution in [2.45, 2.75) is 126 Å². The largest absolute Gasteiger partial charge is 0.493 e. The van der Waals surface area contributed by atoms with Crippen LogP contribution in [0.3, 0.4) is 0 Å². The smallest absolute Gasteiger partial charge is 0.166 e. The molecule has 4 saturated heterocycles. The fourth-order valence-corrected chi connectivity index (χ4v) is 9.74. The second-order valence-corrected chi connectivity index (χ2v) is 14.4. The van der Waals surface area contributed by atoms with Crippen molar-refractivity contribution in [3.8, 4) is 11.5 Å². The van der Waals surface area contributed by atoms with Gasteiger partial charge in [-0.15, -0.1) is 0 Å². The predicted octanol–water partition coefficient (Wildman–Crippen LogP) is 3.17. The standard InChI is InChI=1S/C30H42N2O6/c1-16(2)15-31-13-12-28-20-17-8-9-18(34-7)21(20)35-22(28)29(10-11-30(28,33)19(31)14-17)25-32-23(26(3,4)37-25)36-27(5,6)24(32)38-29/h8-9,16,19,22-25,33H,10-15H2,1-7H3/t19-,22-,23-,24-,25-,28+,29+,30-/m1/s1. The van der Waals surface area contributed by atoms with E-state index in [4.69, 9.17) is 23.7 Å². The first-order valence-corrected chi connectivity index (χ1v) is 14.5. The molecule has 8 nitrogen and oxygen atoms in total. The number of hydrogen-bond donors (Lipinski definition) is 1. The van der Waals surface area contributed by atoms with E-state index in [2.05, 4.69) is 57.4 Å². The zero-order valence-electron chi connectivity index (χ0n) is 23.7. The number of ether oxygens (including phenoxy) is 5. The van der Waals surface area contributed by atoms with Gasteiger partial charge in [-0.1, -0.05) is 19.9 Å². The van der Waals surface area contributed by atoms with Crippen molar-refractivity contribution in [1.82, 2.24) is 9.80 Å². The molecule has 2 spiro atoms. The molecule has 5 fully saturated rings. The summed E-state index contributed by atoms with van der Waals surface area (Å²) >= 11 is 0. The minimum absolute atomic E-state index is 0.0450. The summed E-state index contributed by atoms with van der Waals surface area (Å²) in [7, 11) is 1.70. The van der Waals surface area contributed by atoms with Crippen LogP contribution in [-0.4, -0.2) is 88.3 Å². The molecule has 208 valence electrons. The summed E-state index contributed by atoms with van der Waals surface area (Å²) in [6.45, 7) is 14.9. The van der Waals surface area contributed by atoms with Gasteiger partial charge in [0.1, 0.15) is 41.6 Å². The van der Waals surface area contributed by atoms with Gasteiger partial charge in [-0.3, -0.25) is 4.90 Å². The fraction of sp³-hybridized carbons (Fsp3) is 0.800. The van der Waals surface area contributed by atoms with Crippen LogP contribution in [0.15, 0.2) is 12.1 Å². The van der Waals surface area contributed by atoms with E-state index in [0.717, 1.165) is 43.0 Å². The third-order valence-corrected chi connectivity index (χ3v) is 11.1. The van der Waals surface area contributed by atoms with Gasteiger partial charge in [0.05, 0.1) is 18.1 Å². The Morgan fingerprint density at radius 2 is 1.71 bits per heavy atom. The van der Waals surface area contributed by atoms with Gasteiger partial charge in [0.2, 0.25) is 0 Å². The molecule has 0 unspecified atom stereocenters. The maximum atomic E-state index is 13.0. The van der Waals surface area contributed by atoms with Gasteiger partial charge >= 0.3 is 0 Å². The first-order chi connectivity index (χ1) is 17.9. The Hall–Kier alpha value is -1.42. The lowest BCUT2D eigenvalue weighted by atomic mass is 9.46. The van der Waals surface area contributed by atoms with Gasteiger partial charge in [0.25, 0.3) is 0 Å². The number of benzene rings is 1. The highest BCUT2D eigenvalue weighted by Crippen LogP contribution is 2.70. The summed E-state index contributed by atoms with van der Waals surface area (Å²) in [5.74, 6) is 2.07. The number of likely N-dealkylation sites (tertiary alicyclic amines) is 1. The normalized spacial score (nSPS) is 46.9. The summed E-state index contributed by atoms with van der Waals surface area (Å²) in [5, 5.41) is 13.0. The van der Waals surface area contributed by atoms with Crippen molar-refractivity contribution in [2.24, 2.45) is 5.92 Å². The van der Waals surface area contributed by atoms with Crippen LogP contribution in [0.5, 0.6) is 11.5 Å². The highest BCUT2D eigenvalue weighted by atomic mass is 16.7. The second kappa shape index (κ2) is 7.07. The Morgan fingerprint density at radius 1 is 1.00 bits per heavy atom. The quantitative estimate of drug-likeness (QED) is 0.644. The van der Waals surface area contributed by atoms with Gasteiger partial charge in [-0.25, -0.2) is 4.90 Å². The lowest BCUT2D eigenvalue weighted by Gasteiger charge is -2.66. The van der Waals surface area contributed by atoms with Crippen LogP contribution < -0.4 is 9.47 Å². The molecule has 1 aromatic carbocycles. The fourth-order valence-electron chi connectivity index (χ4n) is 9.74. The molecule has 0 amide bonds. The third kappa shape index (κ3) is 2.51. The van der Waals surface area contributed by atoms with Crippen LogP contribution in [-0.2, 0) is 26.0 Å². The summed E-state index contributed by atoms with van der Waals surface area (Å²) in [6.07, 6.45) is 1.84. The zero-order valence-corrected chi connectivity index (χ0v) is 23.7. The lowest BCUT2D eigenvalue weighted by Crippen LogP contribution is -2.80. The predicted molar refractivity (Wildman–Crippen MR) is 139 cm³/mol. The maximum absolute atomic E-state index is 13.0. The van der Waals surface area contributed by atoms with Gasteiger partial charge in [0, 0.05) is 18.2 Å². The van der Waals surface area contributed by atoms with Crippen LogP contribution in [0.2, 0.25) is 0 Å². The number of piperidine rings is 1. The summed E-state index contributed by atoms with van der Waals surface area (Å²) < 4.78 is 33.5. The molecule has 1 N–H and O–H groups in total. The molecule has 8 heteroatoms.